The van der Waals surface area contributed by atoms with Crippen molar-refractivity contribution in [1.82, 2.24) is 14.9 Å². The average molecular weight is 301 g/mol. The number of hydrogen-bond acceptors (Lipinski definition) is 4. The minimum absolute atomic E-state index is 0.0872. The van der Waals surface area contributed by atoms with E-state index in [-0.39, 0.29) is 17.2 Å². The normalized spacial score (nSPS) is 23.9. The molecule has 3 N–H and O–H groups in total. The molecule has 1 aromatic rings. The maximum Gasteiger partial charge on any atom is 0.244 e. The standard InChI is InChI=1S/C13H23N3O3S/c1-9-3-5-11(6-4-9)7-14-20(18,19)13-10(2)15-16-12(13)8-17/h9,11,14,17H,3-8H2,1-2H3,(H,15,16). The van der Waals surface area contributed by atoms with Crippen LogP contribution in [0.15, 0.2) is 4.90 Å². The lowest BCUT2D eigenvalue weighted by Gasteiger charge is -2.26. The van der Waals surface area contributed by atoms with Crippen LogP contribution < -0.4 is 4.72 Å². The Balaban J connectivity index is 2.02. The van der Waals surface area contributed by atoms with E-state index in [0.717, 1.165) is 18.8 Å². The van der Waals surface area contributed by atoms with E-state index in [1.165, 1.54) is 12.8 Å². The first-order chi connectivity index (χ1) is 9.44. The fourth-order valence-corrected chi connectivity index (χ4v) is 4.23. The quantitative estimate of drug-likeness (QED) is 0.764. The van der Waals surface area contributed by atoms with Crippen LogP contribution in [0.5, 0.6) is 0 Å². The maximum atomic E-state index is 12.3. The molecule has 0 spiro atoms. The molecule has 1 saturated carbocycles. The predicted octanol–water partition coefficient (Wildman–Crippen LogP) is 1.32. The zero-order valence-electron chi connectivity index (χ0n) is 12.0. The Hall–Kier alpha value is -0.920. The number of aromatic nitrogens is 2. The SMILES string of the molecule is Cc1[nH]nc(CO)c1S(=O)(=O)NCC1CCC(C)CC1. The second kappa shape index (κ2) is 6.24. The Morgan fingerprint density at radius 1 is 1.35 bits per heavy atom. The molecule has 1 aliphatic rings. The third kappa shape index (κ3) is 3.39. The van der Waals surface area contributed by atoms with Gasteiger partial charge in [-0.05, 0) is 31.6 Å². The highest BCUT2D eigenvalue weighted by Gasteiger charge is 2.26. The van der Waals surface area contributed by atoms with Crippen LogP contribution >= 0.6 is 0 Å². The van der Waals surface area contributed by atoms with E-state index < -0.39 is 10.0 Å². The molecule has 114 valence electrons. The molecule has 0 bridgehead atoms. The molecular formula is C13H23N3O3S. The van der Waals surface area contributed by atoms with Gasteiger partial charge in [0.25, 0.3) is 0 Å². The van der Waals surface area contributed by atoms with E-state index in [9.17, 15) is 8.42 Å². The van der Waals surface area contributed by atoms with Gasteiger partial charge >= 0.3 is 0 Å². The zero-order chi connectivity index (χ0) is 14.8. The molecule has 0 aromatic carbocycles. The monoisotopic (exact) mass is 301 g/mol. The highest BCUT2D eigenvalue weighted by Crippen LogP contribution is 2.28. The summed E-state index contributed by atoms with van der Waals surface area (Å²) < 4.78 is 27.3. The lowest BCUT2D eigenvalue weighted by Crippen LogP contribution is -2.31. The van der Waals surface area contributed by atoms with Gasteiger partial charge in [-0.25, -0.2) is 13.1 Å². The summed E-state index contributed by atoms with van der Waals surface area (Å²) in [4.78, 5) is 0.0872. The van der Waals surface area contributed by atoms with E-state index in [1.807, 2.05) is 0 Å². The third-order valence-electron chi connectivity index (χ3n) is 4.08. The molecular weight excluding hydrogens is 278 g/mol. The molecule has 0 unspecified atom stereocenters. The Labute approximate surface area is 120 Å². The van der Waals surface area contributed by atoms with Crippen molar-refractivity contribution in [3.63, 3.8) is 0 Å². The van der Waals surface area contributed by atoms with Gasteiger partial charge in [-0.1, -0.05) is 19.8 Å². The van der Waals surface area contributed by atoms with Crippen molar-refractivity contribution in [3.05, 3.63) is 11.4 Å². The number of aliphatic hydroxyl groups is 1. The maximum absolute atomic E-state index is 12.3. The van der Waals surface area contributed by atoms with E-state index in [1.54, 1.807) is 6.92 Å². The number of aryl methyl sites for hydroxylation is 1. The van der Waals surface area contributed by atoms with Crippen LogP contribution in [0.25, 0.3) is 0 Å². The molecule has 1 heterocycles. The van der Waals surface area contributed by atoms with Crippen molar-refractivity contribution in [2.75, 3.05) is 6.54 Å². The molecule has 0 radical (unpaired) electrons. The Morgan fingerprint density at radius 3 is 2.60 bits per heavy atom. The number of sulfonamides is 1. The number of hydrogen-bond donors (Lipinski definition) is 3. The first-order valence-corrected chi connectivity index (χ1v) is 8.56. The van der Waals surface area contributed by atoms with Gasteiger partial charge in [0.15, 0.2) is 0 Å². The molecule has 1 aliphatic carbocycles. The summed E-state index contributed by atoms with van der Waals surface area (Å²) >= 11 is 0. The third-order valence-corrected chi connectivity index (χ3v) is 5.70. The van der Waals surface area contributed by atoms with Gasteiger partial charge in [-0.3, -0.25) is 5.10 Å². The molecule has 1 fully saturated rings. The Kier molecular flexibility index (Phi) is 4.82. The van der Waals surface area contributed by atoms with Crippen LogP contribution in [0.3, 0.4) is 0 Å². The number of H-pyrrole nitrogens is 1. The summed E-state index contributed by atoms with van der Waals surface area (Å²) in [5, 5.41) is 15.6. The summed E-state index contributed by atoms with van der Waals surface area (Å²) in [6, 6.07) is 0. The van der Waals surface area contributed by atoms with Crippen LogP contribution in [-0.2, 0) is 16.6 Å². The summed E-state index contributed by atoms with van der Waals surface area (Å²) in [6.45, 7) is 3.96. The van der Waals surface area contributed by atoms with E-state index in [4.69, 9.17) is 5.11 Å². The van der Waals surface area contributed by atoms with Gasteiger partial charge in [-0.15, -0.1) is 0 Å². The van der Waals surface area contributed by atoms with Crippen LogP contribution in [0.4, 0.5) is 0 Å². The number of nitrogens with one attached hydrogen (secondary N) is 2. The van der Waals surface area contributed by atoms with Crippen molar-refractivity contribution in [2.24, 2.45) is 11.8 Å². The summed E-state index contributed by atoms with van der Waals surface area (Å²) in [6.07, 6.45) is 4.47. The largest absolute Gasteiger partial charge is 0.390 e. The molecule has 1 aromatic heterocycles. The number of aromatic amines is 1. The predicted molar refractivity (Wildman–Crippen MR) is 75.6 cm³/mol. The highest BCUT2D eigenvalue weighted by molar-refractivity contribution is 7.89. The van der Waals surface area contributed by atoms with Crippen molar-refractivity contribution in [1.29, 1.82) is 0 Å². The first kappa shape index (κ1) is 15.5. The van der Waals surface area contributed by atoms with Crippen molar-refractivity contribution in [3.8, 4) is 0 Å². The fraction of sp³-hybridized carbons (Fsp3) is 0.769. The van der Waals surface area contributed by atoms with Crippen LogP contribution in [0.1, 0.15) is 44.0 Å². The van der Waals surface area contributed by atoms with Gasteiger partial charge in [0.1, 0.15) is 10.6 Å². The summed E-state index contributed by atoms with van der Waals surface area (Å²) in [7, 11) is -3.61. The van der Waals surface area contributed by atoms with Gasteiger partial charge in [0, 0.05) is 6.54 Å². The molecule has 7 heteroatoms. The van der Waals surface area contributed by atoms with Gasteiger partial charge in [0.05, 0.1) is 12.3 Å². The van der Waals surface area contributed by atoms with Gasteiger partial charge in [-0.2, -0.15) is 5.10 Å². The molecule has 20 heavy (non-hydrogen) atoms. The molecule has 2 rings (SSSR count). The lowest BCUT2D eigenvalue weighted by molar-refractivity contribution is 0.273. The van der Waals surface area contributed by atoms with E-state index in [0.29, 0.717) is 18.2 Å². The van der Waals surface area contributed by atoms with E-state index >= 15 is 0 Å². The van der Waals surface area contributed by atoms with Crippen LogP contribution in [-0.4, -0.2) is 30.3 Å². The Morgan fingerprint density at radius 2 is 2.00 bits per heavy atom. The molecule has 0 atom stereocenters. The minimum atomic E-state index is -3.61. The summed E-state index contributed by atoms with van der Waals surface area (Å²) in [5.74, 6) is 1.16. The Bertz CT molecular complexity index is 545. The first-order valence-electron chi connectivity index (χ1n) is 7.08. The number of nitrogens with zero attached hydrogens (tertiary/aromatic N) is 1. The number of aliphatic hydroxyl groups excluding tert-OH is 1. The highest BCUT2D eigenvalue weighted by atomic mass is 32.2. The fourth-order valence-electron chi connectivity index (χ4n) is 2.77. The second-order valence-corrected chi connectivity index (χ2v) is 7.46. The van der Waals surface area contributed by atoms with Crippen LogP contribution in [0.2, 0.25) is 0 Å². The number of rotatable bonds is 5. The average Bonchev–Trinajstić information content (AvgIpc) is 2.80. The molecule has 0 saturated heterocycles. The van der Waals surface area contributed by atoms with Gasteiger partial charge < -0.3 is 5.11 Å². The van der Waals surface area contributed by atoms with Gasteiger partial charge in [0.2, 0.25) is 10.0 Å². The summed E-state index contributed by atoms with van der Waals surface area (Å²) in [5.41, 5.74) is 0.631. The van der Waals surface area contributed by atoms with Crippen molar-refractivity contribution < 1.29 is 13.5 Å². The van der Waals surface area contributed by atoms with Crippen molar-refractivity contribution >= 4 is 10.0 Å². The topological polar surface area (TPSA) is 95.1 Å². The lowest BCUT2D eigenvalue weighted by atomic mass is 9.83. The van der Waals surface area contributed by atoms with Crippen LogP contribution in [0, 0.1) is 18.8 Å². The second-order valence-electron chi connectivity index (χ2n) is 5.76. The minimum Gasteiger partial charge on any atom is -0.390 e. The zero-order valence-corrected chi connectivity index (χ0v) is 12.8. The van der Waals surface area contributed by atoms with Crippen molar-refractivity contribution in [2.45, 2.75) is 51.0 Å². The molecule has 0 amide bonds. The van der Waals surface area contributed by atoms with E-state index in [2.05, 4.69) is 21.8 Å². The smallest absolute Gasteiger partial charge is 0.244 e. The molecule has 6 nitrogen and oxygen atoms in total. The molecule has 0 aliphatic heterocycles.